The lowest BCUT2D eigenvalue weighted by molar-refractivity contribution is 1.16. The fraction of sp³-hybridized carbons (Fsp3) is 0.154. The lowest BCUT2D eigenvalue weighted by Gasteiger charge is -2.05. The standard InChI is InChI=1S/C13H11N3/c1-10-2-3-12(6-11(10)4-5-14)13-7-15-9-16-8-13/h2-3,6-9H,4H2,1H3. The predicted molar refractivity (Wildman–Crippen MR) is 61.5 cm³/mol. The zero-order valence-electron chi connectivity index (χ0n) is 9.01. The van der Waals surface area contributed by atoms with Crippen LogP contribution in [0, 0.1) is 18.3 Å². The van der Waals surface area contributed by atoms with Gasteiger partial charge in [0.2, 0.25) is 0 Å². The van der Waals surface area contributed by atoms with Crippen LogP contribution in [0.2, 0.25) is 0 Å². The number of rotatable bonds is 2. The van der Waals surface area contributed by atoms with Crippen molar-refractivity contribution in [1.29, 1.82) is 5.26 Å². The van der Waals surface area contributed by atoms with Gasteiger partial charge < -0.3 is 0 Å². The maximum atomic E-state index is 8.73. The molecule has 16 heavy (non-hydrogen) atoms. The molecule has 0 amide bonds. The molecule has 0 atom stereocenters. The maximum Gasteiger partial charge on any atom is 0.115 e. The van der Waals surface area contributed by atoms with E-state index in [0.717, 1.165) is 22.3 Å². The highest BCUT2D eigenvalue weighted by Gasteiger charge is 2.02. The van der Waals surface area contributed by atoms with E-state index in [-0.39, 0.29) is 0 Å². The van der Waals surface area contributed by atoms with Gasteiger partial charge in [0.25, 0.3) is 0 Å². The number of aryl methyl sites for hydroxylation is 1. The van der Waals surface area contributed by atoms with Crippen LogP contribution in [-0.2, 0) is 6.42 Å². The van der Waals surface area contributed by atoms with Gasteiger partial charge in [0.15, 0.2) is 0 Å². The predicted octanol–water partition coefficient (Wildman–Crippen LogP) is 2.52. The van der Waals surface area contributed by atoms with Gasteiger partial charge in [0, 0.05) is 18.0 Å². The molecule has 0 radical (unpaired) electrons. The molecule has 0 aliphatic carbocycles. The summed E-state index contributed by atoms with van der Waals surface area (Å²) in [6.07, 6.45) is 5.49. The van der Waals surface area contributed by atoms with E-state index in [1.54, 1.807) is 12.4 Å². The van der Waals surface area contributed by atoms with Crippen LogP contribution in [0.25, 0.3) is 11.1 Å². The highest BCUT2D eigenvalue weighted by molar-refractivity contribution is 5.63. The summed E-state index contributed by atoms with van der Waals surface area (Å²) in [5.41, 5.74) is 4.23. The first-order valence-corrected chi connectivity index (χ1v) is 5.03. The monoisotopic (exact) mass is 209 g/mol. The number of benzene rings is 1. The zero-order valence-corrected chi connectivity index (χ0v) is 9.01. The third-order valence-corrected chi connectivity index (χ3v) is 2.51. The SMILES string of the molecule is Cc1ccc(-c2cncnc2)cc1CC#N. The fourth-order valence-electron chi connectivity index (χ4n) is 1.57. The first-order chi connectivity index (χ1) is 7.81. The Bertz CT molecular complexity index is 527. The molecule has 0 saturated heterocycles. The van der Waals surface area contributed by atoms with Crippen molar-refractivity contribution in [2.45, 2.75) is 13.3 Å². The molecule has 0 aliphatic rings. The Kier molecular flexibility index (Phi) is 2.93. The average Bonchev–Trinajstić information content (AvgIpc) is 2.33. The van der Waals surface area contributed by atoms with E-state index in [9.17, 15) is 0 Å². The van der Waals surface area contributed by atoms with E-state index in [2.05, 4.69) is 16.0 Å². The summed E-state index contributed by atoms with van der Waals surface area (Å²) in [6.45, 7) is 2.01. The normalized spacial score (nSPS) is 9.75. The molecular formula is C13H11N3. The van der Waals surface area contributed by atoms with Gasteiger partial charge in [0.1, 0.15) is 6.33 Å². The number of hydrogen-bond acceptors (Lipinski definition) is 3. The second kappa shape index (κ2) is 4.54. The molecule has 2 rings (SSSR count). The van der Waals surface area contributed by atoms with E-state index in [0.29, 0.717) is 6.42 Å². The van der Waals surface area contributed by atoms with Gasteiger partial charge >= 0.3 is 0 Å². The minimum Gasteiger partial charge on any atom is -0.244 e. The van der Waals surface area contributed by atoms with E-state index < -0.39 is 0 Å². The summed E-state index contributed by atoms with van der Waals surface area (Å²) in [6, 6.07) is 8.24. The van der Waals surface area contributed by atoms with E-state index in [1.807, 2.05) is 25.1 Å². The molecule has 1 aromatic heterocycles. The smallest absolute Gasteiger partial charge is 0.115 e. The molecule has 0 aliphatic heterocycles. The zero-order chi connectivity index (χ0) is 11.4. The molecule has 3 nitrogen and oxygen atoms in total. The summed E-state index contributed by atoms with van der Waals surface area (Å²) in [7, 11) is 0. The Labute approximate surface area is 94.4 Å². The first kappa shape index (κ1) is 10.3. The molecule has 1 aromatic carbocycles. The minimum absolute atomic E-state index is 0.438. The topological polar surface area (TPSA) is 49.6 Å². The Hall–Kier alpha value is -2.21. The molecule has 0 saturated carbocycles. The summed E-state index contributed by atoms with van der Waals surface area (Å²) in [5.74, 6) is 0. The van der Waals surface area contributed by atoms with Crippen molar-refractivity contribution < 1.29 is 0 Å². The van der Waals surface area contributed by atoms with Crippen molar-refractivity contribution in [3.8, 4) is 17.2 Å². The summed E-state index contributed by atoms with van der Waals surface area (Å²) < 4.78 is 0. The van der Waals surface area contributed by atoms with Crippen molar-refractivity contribution >= 4 is 0 Å². The number of nitriles is 1. The van der Waals surface area contributed by atoms with Crippen LogP contribution in [-0.4, -0.2) is 9.97 Å². The number of nitrogens with zero attached hydrogens (tertiary/aromatic N) is 3. The third kappa shape index (κ3) is 2.06. The van der Waals surface area contributed by atoms with Crippen molar-refractivity contribution in [1.82, 2.24) is 9.97 Å². The quantitative estimate of drug-likeness (QED) is 0.763. The van der Waals surface area contributed by atoms with Gasteiger partial charge in [0.05, 0.1) is 12.5 Å². The Morgan fingerprint density at radius 2 is 1.94 bits per heavy atom. The summed E-state index contributed by atoms with van der Waals surface area (Å²) in [5, 5.41) is 8.73. The van der Waals surface area contributed by atoms with Gasteiger partial charge in [-0.1, -0.05) is 12.1 Å². The highest BCUT2D eigenvalue weighted by atomic mass is 14.8. The average molecular weight is 209 g/mol. The minimum atomic E-state index is 0.438. The van der Waals surface area contributed by atoms with Crippen LogP contribution in [0.3, 0.4) is 0 Å². The van der Waals surface area contributed by atoms with Crippen molar-refractivity contribution in [3.05, 3.63) is 48.0 Å². The third-order valence-electron chi connectivity index (χ3n) is 2.51. The Balaban J connectivity index is 2.45. The fourth-order valence-corrected chi connectivity index (χ4v) is 1.57. The molecule has 2 aromatic rings. The Morgan fingerprint density at radius 3 is 2.62 bits per heavy atom. The number of hydrogen-bond donors (Lipinski definition) is 0. The first-order valence-electron chi connectivity index (χ1n) is 5.03. The molecule has 0 N–H and O–H groups in total. The lowest BCUT2D eigenvalue weighted by Crippen LogP contribution is -1.89. The van der Waals surface area contributed by atoms with Gasteiger partial charge in [-0.2, -0.15) is 5.26 Å². The van der Waals surface area contributed by atoms with Gasteiger partial charge in [-0.3, -0.25) is 0 Å². The van der Waals surface area contributed by atoms with E-state index in [4.69, 9.17) is 5.26 Å². The van der Waals surface area contributed by atoms with Gasteiger partial charge in [-0.05, 0) is 29.7 Å². The van der Waals surface area contributed by atoms with Gasteiger partial charge in [-0.25, -0.2) is 9.97 Å². The molecule has 0 bridgehead atoms. The van der Waals surface area contributed by atoms with Crippen LogP contribution in [0.15, 0.2) is 36.9 Å². The van der Waals surface area contributed by atoms with Crippen LogP contribution in [0.5, 0.6) is 0 Å². The van der Waals surface area contributed by atoms with Crippen LogP contribution in [0.4, 0.5) is 0 Å². The lowest BCUT2D eigenvalue weighted by atomic mass is 10.00. The largest absolute Gasteiger partial charge is 0.244 e. The van der Waals surface area contributed by atoms with Crippen LogP contribution in [0.1, 0.15) is 11.1 Å². The summed E-state index contributed by atoms with van der Waals surface area (Å²) in [4.78, 5) is 7.97. The molecule has 78 valence electrons. The van der Waals surface area contributed by atoms with Crippen molar-refractivity contribution in [2.24, 2.45) is 0 Å². The second-order valence-electron chi connectivity index (χ2n) is 3.60. The molecule has 3 heteroatoms. The van der Waals surface area contributed by atoms with E-state index in [1.165, 1.54) is 6.33 Å². The van der Waals surface area contributed by atoms with Crippen molar-refractivity contribution in [3.63, 3.8) is 0 Å². The van der Waals surface area contributed by atoms with Crippen LogP contribution >= 0.6 is 0 Å². The number of aromatic nitrogens is 2. The molecular weight excluding hydrogens is 198 g/mol. The van der Waals surface area contributed by atoms with E-state index >= 15 is 0 Å². The Morgan fingerprint density at radius 1 is 1.19 bits per heavy atom. The highest BCUT2D eigenvalue weighted by Crippen LogP contribution is 2.21. The molecule has 0 fully saturated rings. The van der Waals surface area contributed by atoms with Crippen molar-refractivity contribution in [2.75, 3.05) is 0 Å². The van der Waals surface area contributed by atoms with Crippen LogP contribution < -0.4 is 0 Å². The summed E-state index contributed by atoms with van der Waals surface area (Å²) >= 11 is 0. The maximum absolute atomic E-state index is 8.73. The molecule has 0 spiro atoms. The molecule has 1 heterocycles. The second-order valence-corrected chi connectivity index (χ2v) is 3.60. The molecule has 0 unspecified atom stereocenters. The van der Waals surface area contributed by atoms with Gasteiger partial charge in [-0.15, -0.1) is 0 Å².